The number of sulfonamides is 1. The molecule has 314 valence electrons. The van der Waals surface area contributed by atoms with Crippen LogP contribution in [-0.2, 0) is 19.9 Å². The van der Waals surface area contributed by atoms with Gasteiger partial charge in [0.2, 0.25) is 5.95 Å². The third kappa shape index (κ3) is 10.2. The molecule has 0 unspecified atom stereocenters. The number of hydrogen-bond acceptors (Lipinski definition) is 13. The van der Waals surface area contributed by atoms with Crippen molar-refractivity contribution in [2.24, 2.45) is 0 Å². The maximum Gasteiger partial charge on any atom is 0.267 e. The number of thiazole rings is 1. The molecule has 0 atom stereocenters. The van der Waals surface area contributed by atoms with Crippen LogP contribution < -0.4 is 19.7 Å². The number of piperazine rings is 1. The number of ether oxygens (including phenoxy) is 1. The fourth-order valence-corrected chi connectivity index (χ4v) is 10.2. The van der Waals surface area contributed by atoms with Crippen molar-refractivity contribution < 1.29 is 30.4 Å². The lowest BCUT2D eigenvalue weighted by atomic mass is 10.0. The minimum absolute atomic E-state index is 0.0854. The number of aromatic nitrogens is 3. The smallest absolute Gasteiger partial charge is 0.267 e. The summed E-state index contributed by atoms with van der Waals surface area (Å²) in [6.45, 7) is 10.2. The Balaban J connectivity index is 1.04. The SMILES string of the molecule is COc1cc(N2CCC(N3CCN(CCS(C)(=O)=O)CC3)CC2)ccc1Nc1nccc(-c2sc(C(C)C)nc2-c2cccc(NS(=O)(=O)c3c(F)cccc3F)c2)n1. The second-order valence-corrected chi connectivity index (χ2v) is 20.0. The molecule has 2 aliphatic rings. The van der Waals surface area contributed by atoms with Crippen molar-refractivity contribution in [2.45, 2.75) is 43.5 Å². The summed E-state index contributed by atoms with van der Waals surface area (Å²) in [7, 11) is -5.92. The number of sulfone groups is 1. The van der Waals surface area contributed by atoms with Crippen LogP contribution >= 0.6 is 11.3 Å². The monoisotopic (exact) mass is 866 g/mol. The van der Waals surface area contributed by atoms with E-state index in [4.69, 9.17) is 14.7 Å². The van der Waals surface area contributed by atoms with E-state index in [1.54, 1.807) is 37.6 Å². The maximum atomic E-state index is 14.4. The van der Waals surface area contributed by atoms with Crippen molar-refractivity contribution in [3.05, 3.63) is 89.6 Å². The van der Waals surface area contributed by atoms with Crippen LogP contribution in [0.3, 0.4) is 0 Å². The number of nitrogens with zero attached hydrogens (tertiary/aromatic N) is 6. The average Bonchev–Trinajstić information content (AvgIpc) is 3.67. The van der Waals surface area contributed by atoms with E-state index in [1.165, 1.54) is 23.7 Å². The van der Waals surface area contributed by atoms with Crippen LogP contribution in [0.15, 0.2) is 77.8 Å². The molecule has 2 N–H and O–H groups in total. The van der Waals surface area contributed by atoms with E-state index in [2.05, 4.69) is 35.8 Å². The molecule has 0 aliphatic carbocycles. The van der Waals surface area contributed by atoms with Gasteiger partial charge in [0.15, 0.2) is 4.90 Å². The largest absolute Gasteiger partial charge is 0.494 e. The number of methoxy groups -OCH3 is 1. The number of halogens is 2. The van der Waals surface area contributed by atoms with Crippen molar-refractivity contribution in [3.8, 4) is 27.6 Å². The van der Waals surface area contributed by atoms with E-state index in [0.717, 1.165) is 85.9 Å². The summed E-state index contributed by atoms with van der Waals surface area (Å²) in [6, 6.07) is 17.7. The normalized spacial score (nSPS) is 16.1. The molecule has 0 amide bonds. The third-order valence-corrected chi connectivity index (χ3v) is 14.3. The van der Waals surface area contributed by atoms with Gasteiger partial charge in [-0.05, 0) is 55.3 Å². The Labute approximate surface area is 348 Å². The lowest BCUT2D eigenvalue weighted by molar-refractivity contribution is 0.0882. The molecule has 7 rings (SSSR count). The summed E-state index contributed by atoms with van der Waals surface area (Å²) in [6.07, 6.45) is 5.02. The minimum atomic E-state index is -4.58. The molecule has 0 bridgehead atoms. The first kappa shape index (κ1) is 42.4. The van der Waals surface area contributed by atoms with Gasteiger partial charge in [-0.15, -0.1) is 11.3 Å². The molecule has 2 aliphatic heterocycles. The molecule has 3 aromatic carbocycles. The molecule has 0 saturated carbocycles. The van der Waals surface area contributed by atoms with Crippen LogP contribution in [0.25, 0.3) is 21.8 Å². The molecular formula is C41H48F2N8O5S3. The molecule has 2 aromatic heterocycles. The second-order valence-electron chi connectivity index (χ2n) is 15.1. The van der Waals surface area contributed by atoms with Gasteiger partial charge >= 0.3 is 0 Å². The van der Waals surface area contributed by atoms with E-state index in [9.17, 15) is 25.6 Å². The number of anilines is 4. The molecule has 0 spiro atoms. The van der Waals surface area contributed by atoms with Gasteiger partial charge in [0.25, 0.3) is 10.0 Å². The van der Waals surface area contributed by atoms with Gasteiger partial charge in [-0.2, -0.15) is 0 Å². The first-order valence-electron chi connectivity index (χ1n) is 19.4. The number of nitrogens with one attached hydrogen (secondary N) is 2. The number of benzene rings is 3. The van der Waals surface area contributed by atoms with Crippen molar-refractivity contribution in [2.75, 3.05) is 79.9 Å². The average molecular weight is 867 g/mol. The van der Waals surface area contributed by atoms with Crippen LogP contribution in [0.4, 0.5) is 31.8 Å². The predicted octanol–water partition coefficient (Wildman–Crippen LogP) is 6.85. The molecule has 2 saturated heterocycles. The highest BCUT2D eigenvalue weighted by Gasteiger charge is 2.29. The third-order valence-electron chi connectivity index (χ3n) is 10.6. The topological polar surface area (TPSA) is 150 Å². The highest BCUT2D eigenvalue weighted by molar-refractivity contribution is 7.92. The first-order chi connectivity index (χ1) is 28.2. The fourth-order valence-electron chi connectivity index (χ4n) is 7.41. The van der Waals surface area contributed by atoms with E-state index >= 15 is 0 Å². The molecule has 13 nitrogen and oxygen atoms in total. The lowest BCUT2D eigenvalue weighted by Crippen LogP contribution is -2.53. The zero-order valence-electron chi connectivity index (χ0n) is 33.4. The second kappa shape index (κ2) is 17.8. The molecule has 18 heteroatoms. The number of piperidine rings is 1. The van der Waals surface area contributed by atoms with Gasteiger partial charge in [0.05, 0.1) is 39.8 Å². The van der Waals surface area contributed by atoms with Gasteiger partial charge in [-0.1, -0.05) is 32.0 Å². The van der Waals surface area contributed by atoms with Gasteiger partial charge in [-0.3, -0.25) is 14.5 Å². The van der Waals surface area contributed by atoms with Crippen LogP contribution in [0.5, 0.6) is 5.75 Å². The van der Waals surface area contributed by atoms with Gasteiger partial charge in [0.1, 0.15) is 27.2 Å². The number of hydrogen-bond donors (Lipinski definition) is 2. The molecule has 0 radical (unpaired) electrons. The highest BCUT2D eigenvalue weighted by Crippen LogP contribution is 2.40. The van der Waals surface area contributed by atoms with Crippen molar-refractivity contribution in [3.63, 3.8) is 0 Å². The molecule has 2 fully saturated rings. The van der Waals surface area contributed by atoms with Crippen LogP contribution in [0.2, 0.25) is 0 Å². The summed E-state index contributed by atoms with van der Waals surface area (Å²) in [5.41, 5.74) is 3.60. The lowest BCUT2D eigenvalue weighted by Gasteiger charge is -2.43. The summed E-state index contributed by atoms with van der Waals surface area (Å²) in [4.78, 5) is 21.1. The zero-order valence-corrected chi connectivity index (χ0v) is 35.8. The zero-order chi connectivity index (χ0) is 41.9. The fraction of sp³-hybridized carbons (Fsp3) is 0.390. The minimum Gasteiger partial charge on any atom is -0.494 e. The van der Waals surface area contributed by atoms with E-state index in [-0.39, 0.29) is 17.4 Å². The van der Waals surface area contributed by atoms with Crippen molar-refractivity contribution in [1.82, 2.24) is 24.8 Å². The van der Waals surface area contributed by atoms with E-state index in [1.807, 2.05) is 26.0 Å². The predicted molar refractivity (Wildman–Crippen MR) is 229 cm³/mol. The van der Waals surface area contributed by atoms with Gasteiger partial charge in [0, 0.05) is 93.2 Å². The number of rotatable bonds is 14. The molecule has 59 heavy (non-hydrogen) atoms. The molecule has 5 aromatic rings. The Morgan fingerprint density at radius 3 is 2.29 bits per heavy atom. The summed E-state index contributed by atoms with van der Waals surface area (Å²) in [5.74, 6) is -1.12. The van der Waals surface area contributed by atoms with Gasteiger partial charge < -0.3 is 15.0 Å². The van der Waals surface area contributed by atoms with Crippen LogP contribution in [0, 0.1) is 11.6 Å². The Hall–Kier alpha value is -4.75. The molecule has 4 heterocycles. The Bertz CT molecular complexity index is 2490. The van der Waals surface area contributed by atoms with Crippen molar-refractivity contribution >= 4 is 54.2 Å². The maximum absolute atomic E-state index is 14.4. The molecular weight excluding hydrogens is 819 g/mol. The first-order valence-corrected chi connectivity index (χ1v) is 23.8. The standard InChI is InChI=1S/C41H48F2N8O5S3/c1-27(2)40-47-37(28-7-5-8-29(25-28)48-59(54,55)39-32(42)9-6-10-33(39)43)38(57-40)35-13-16-44-41(46-35)45-34-12-11-31(26-36(34)56-3)50-17-14-30(15-18-50)51-21-19-49(20-22-51)23-24-58(4,52)53/h5-13,16,25-27,30,48H,14-15,17-24H2,1-4H3,(H,44,45,46). The highest BCUT2D eigenvalue weighted by atomic mass is 32.2. The van der Waals surface area contributed by atoms with Crippen molar-refractivity contribution in [1.29, 1.82) is 0 Å². The van der Waals surface area contributed by atoms with Gasteiger partial charge in [-0.25, -0.2) is 40.6 Å². The summed E-state index contributed by atoms with van der Waals surface area (Å²) >= 11 is 1.47. The summed E-state index contributed by atoms with van der Waals surface area (Å²) < 4.78 is 86.3. The summed E-state index contributed by atoms with van der Waals surface area (Å²) in [5, 5.41) is 4.16. The quantitative estimate of drug-likeness (QED) is 0.120. The van der Waals surface area contributed by atoms with E-state index in [0.29, 0.717) is 46.9 Å². The van der Waals surface area contributed by atoms with E-state index < -0.39 is 36.4 Å². The Morgan fingerprint density at radius 2 is 1.61 bits per heavy atom. The van der Waals surface area contributed by atoms with Crippen LogP contribution in [-0.4, -0.2) is 113 Å². The Kier molecular flexibility index (Phi) is 12.8. The Morgan fingerprint density at radius 1 is 0.898 bits per heavy atom. The van der Waals surface area contributed by atoms with Crippen LogP contribution in [0.1, 0.15) is 37.6 Å².